The molecule has 0 radical (unpaired) electrons. The van der Waals surface area contributed by atoms with Crippen LogP contribution < -0.4 is 4.74 Å². The Morgan fingerprint density at radius 1 is 0.963 bits per heavy atom. The van der Waals surface area contributed by atoms with Crippen molar-refractivity contribution < 1.29 is 24.5 Å². The van der Waals surface area contributed by atoms with Crippen molar-refractivity contribution in [2.45, 2.75) is 13.0 Å². The molecule has 0 aliphatic rings. The molecular formula is C22H20O5. The third kappa shape index (κ3) is 4.58. The highest BCUT2D eigenvalue weighted by atomic mass is 16.6. The van der Waals surface area contributed by atoms with E-state index in [0.717, 1.165) is 11.6 Å². The van der Waals surface area contributed by atoms with Gasteiger partial charge in [0.2, 0.25) is 0 Å². The van der Waals surface area contributed by atoms with Crippen LogP contribution >= 0.6 is 0 Å². The number of aryl methyl sites for hydroxylation is 1. The van der Waals surface area contributed by atoms with Crippen molar-refractivity contribution in [2.24, 2.45) is 0 Å². The third-order valence-corrected chi connectivity index (χ3v) is 4.07. The Kier molecular flexibility index (Phi) is 5.61. The first-order chi connectivity index (χ1) is 13.0. The Hall–Kier alpha value is -3.47. The van der Waals surface area contributed by atoms with Crippen molar-refractivity contribution >= 4 is 5.97 Å². The zero-order chi connectivity index (χ0) is 19.2. The van der Waals surface area contributed by atoms with Gasteiger partial charge in [0.1, 0.15) is 29.4 Å². The molecule has 1 unspecified atom stereocenters. The molecule has 0 heterocycles. The number of rotatable bonds is 6. The number of hydrogen-bond acceptors (Lipinski definition) is 5. The maximum absolute atomic E-state index is 12.7. The van der Waals surface area contributed by atoms with Gasteiger partial charge in [-0.05, 0) is 36.2 Å². The SMILES string of the molecule is Cc1cc(O)cc(O)c1C(=O)OC(COc1ccccc1)c1ccccc1. The summed E-state index contributed by atoms with van der Waals surface area (Å²) >= 11 is 0. The molecule has 3 rings (SSSR count). The number of aromatic hydroxyl groups is 2. The third-order valence-electron chi connectivity index (χ3n) is 4.07. The lowest BCUT2D eigenvalue weighted by molar-refractivity contribution is 0.0164. The summed E-state index contributed by atoms with van der Waals surface area (Å²) in [4.78, 5) is 12.7. The fourth-order valence-corrected chi connectivity index (χ4v) is 2.76. The Morgan fingerprint density at radius 3 is 2.22 bits per heavy atom. The summed E-state index contributed by atoms with van der Waals surface area (Å²) in [5, 5.41) is 19.6. The Morgan fingerprint density at radius 2 is 1.59 bits per heavy atom. The largest absolute Gasteiger partial charge is 0.508 e. The van der Waals surface area contributed by atoms with Gasteiger partial charge in [-0.3, -0.25) is 0 Å². The van der Waals surface area contributed by atoms with Crippen LogP contribution in [-0.4, -0.2) is 22.8 Å². The summed E-state index contributed by atoms with van der Waals surface area (Å²) in [6, 6.07) is 21.0. The Bertz CT molecular complexity index is 883. The van der Waals surface area contributed by atoms with Crippen molar-refractivity contribution in [1.82, 2.24) is 0 Å². The highest BCUT2D eigenvalue weighted by Gasteiger charge is 2.23. The predicted octanol–water partition coefficient (Wildman–Crippen LogP) is 4.38. The summed E-state index contributed by atoms with van der Waals surface area (Å²) in [6.45, 7) is 1.74. The number of hydrogen-bond donors (Lipinski definition) is 2. The molecule has 0 aliphatic heterocycles. The number of phenolic OH excluding ortho intramolecular Hbond substituents is 2. The second-order valence-corrected chi connectivity index (χ2v) is 6.09. The molecule has 0 aromatic heterocycles. The van der Waals surface area contributed by atoms with Crippen molar-refractivity contribution in [1.29, 1.82) is 0 Å². The molecule has 5 heteroatoms. The number of para-hydroxylation sites is 1. The fourth-order valence-electron chi connectivity index (χ4n) is 2.76. The number of benzene rings is 3. The van der Waals surface area contributed by atoms with Crippen LogP contribution in [0.15, 0.2) is 72.8 Å². The number of carbonyl (C=O) groups excluding carboxylic acids is 1. The zero-order valence-electron chi connectivity index (χ0n) is 14.8. The second kappa shape index (κ2) is 8.27. The van der Waals surface area contributed by atoms with Crippen LogP contribution in [0.5, 0.6) is 17.2 Å². The van der Waals surface area contributed by atoms with Gasteiger partial charge in [0.25, 0.3) is 0 Å². The van der Waals surface area contributed by atoms with Crippen LogP contribution in [-0.2, 0) is 4.74 Å². The lowest BCUT2D eigenvalue weighted by atomic mass is 10.1. The van der Waals surface area contributed by atoms with Crippen LogP contribution in [0.4, 0.5) is 0 Å². The summed E-state index contributed by atoms with van der Waals surface area (Å²) < 4.78 is 11.4. The maximum atomic E-state index is 12.7. The normalized spacial score (nSPS) is 11.6. The van der Waals surface area contributed by atoms with Crippen molar-refractivity contribution in [3.63, 3.8) is 0 Å². The molecule has 27 heavy (non-hydrogen) atoms. The average Bonchev–Trinajstić information content (AvgIpc) is 2.66. The van der Waals surface area contributed by atoms with E-state index in [2.05, 4.69) is 0 Å². The van der Waals surface area contributed by atoms with E-state index in [1.165, 1.54) is 6.07 Å². The first-order valence-corrected chi connectivity index (χ1v) is 8.51. The van der Waals surface area contributed by atoms with Crippen LogP contribution in [0.1, 0.15) is 27.6 Å². The fraction of sp³-hybridized carbons (Fsp3) is 0.136. The number of phenols is 2. The molecule has 0 aliphatic carbocycles. The smallest absolute Gasteiger partial charge is 0.342 e. The molecular weight excluding hydrogens is 344 g/mol. The van der Waals surface area contributed by atoms with Crippen LogP contribution in [0.25, 0.3) is 0 Å². The van der Waals surface area contributed by atoms with Crippen molar-refractivity contribution in [3.8, 4) is 17.2 Å². The van der Waals surface area contributed by atoms with Gasteiger partial charge in [-0.25, -0.2) is 4.79 Å². The van der Waals surface area contributed by atoms with Gasteiger partial charge in [-0.15, -0.1) is 0 Å². The van der Waals surface area contributed by atoms with E-state index in [4.69, 9.17) is 9.47 Å². The first-order valence-electron chi connectivity index (χ1n) is 8.51. The second-order valence-electron chi connectivity index (χ2n) is 6.09. The topological polar surface area (TPSA) is 76.0 Å². The van der Waals surface area contributed by atoms with E-state index in [0.29, 0.717) is 11.3 Å². The van der Waals surface area contributed by atoms with Gasteiger partial charge in [0.05, 0.1) is 0 Å². The van der Waals surface area contributed by atoms with Crippen LogP contribution in [0.3, 0.4) is 0 Å². The summed E-state index contributed by atoms with van der Waals surface area (Å²) in [5.41, 5.74) is 1.22. The molecule has 2 N–H and O–H groups in total. The number of ether oxygens (including phenoxy) is 2. The standard InChI is InChI=1S/C22H20O5/c1-15-12-17(23)13-19(24)21(15)22(25)27-20(16-8-4-2-5-9-16)14-26-18-10-6-3-7-11-18/h2-13,20,23-24H,14H2,1H3. The van der Waals surface area contributed by atoms with Gasteiger partial charge >= 0.3 is 5.97 Å². The molecule has 3 aromatic carbocycles. The lowest BCUT2D eigenvalue weighted by Gasteiger charge is -2.20. The molecule has 3 aromatic rings. The molecule has 0 saturated carbocycles. The number of esters is 1. The summed E-state index contributed by atoms with van der Waals surface area (Å²) in [7, 11) is 0. The minimum Gasteiger partial charge on any atom is -0.508 e. The van der Waals surface area contributed by atoms with E-state index < -0.39 is 12.1 Å². The molecule has 5 nitrogen and oxygen atoms in total. The highest BCUT2D eigenvalue weighted by Crippen LogP contribution is 2.29. The van der Waals surface area contributed by atoms with Crippen molar-refractivity contribution in [3.05, 3.63) is 89.5 Å². The quantitative estimate of drug-likeness (QED) is 0.635. The lowest BCUT2D eigenvalue weighted by Crippen LogP contribution is -2.19. The van der Waals surface area contributed by atoms with Gasteiger partial charge in [0.15, 0.2) is 6.10 Å². The van der Waals surface area contributed by atoms with E-state index in [1.54, 1.807) is 6.92 Å². The monoisotopic (exact) mass is 364 g/mol. The first kappa shape index (κ1) is 18.3. The van der Waals surface area contributed by atoms with Crippen LogP contribution in [0, 0.1) is 6.92 Å². The van der Waals surface area contributed by atoms with Gasteiger partial charge in [0, 0.05) is 6.07 Å². The Labute approximate surface area is 157 Å². The van der Waals surface area contributed by atoms with E-state index in [-0.39, 0.29) is 23.7 Å². The zero-order valence-corrected chi connectivity index (χ0v) is 14.8. The van der Waals surface area contributed by atoms with Gasteiger partial charge in [-0.1, -0.05) is 48.5 Å². The molecule has 138 valence electrons. The Balaban J connectivity index is 1.82. The average molecular weight is 364 g/mol. The molecule has 0 spiro atoms. The molecule has 0 amide bonds. The summed E-state index contributed by atoms with van der Waals surface area (Å²) in [6.07, 6.45) is -0.661. The molecule has 1 atom stereocenters. The highest BCUT2D eigenvalue weighted by molar-refractivity contribution is 5.94. The summed E-state index contributed by atoms with van der Waals surface area (Å²) in [5.74, 6) is -0.462. The molecule has 0 fully saturated rings. The van der Waals surface area contributed by atoms with Crippen LogP contribution in [0.2, 0.25) is 0 Å². The van der Waals surface area contributed by atoms with E-state index >= 15 is 0 Å². The van der Waals surface area contributed by atoms with Gasteiger partial charge < -0.3 is 19.7 Å². The van der Waals surface area contributed by atoms with Crippen molar-refractivity contribution in [2.75, 3.05) is 6.61 Å². The molecule has 0 saturated heterocycles. The predicted molar refractivity (Wildman–Crippen MR) is 101 cm³/mol. The van der Waals surface area contributed by atoms with E-state index in [1.807, 2.05) is 60.7 Å². The minimum atomic E-state index is -0.685. The minimum absolute atomic E-state index is 0.0217. The van der Waals surface area contributed by atoms with Gasteiger partial charge in [-0.2, -0.15) is 0 Å². The molecule has 0 bridgehead atoms. The van der Waals surface area contributed by atoms with E-state index in [9.17, 15) is 15.0 Å². The maximum Gasteiger partial charge on any atom is 0.342 e. The number of carbonyl (C=O) groups is 1.